The molecule has 1 saturated heterocycles. The Balaban J connectivity index is 0.00000220. The molecule has 2 unspecified atom stereocenters. The first-order chi connectivity index (χ1) is 9.47. The number of aromatic nitrogens is 2. The fraction of sp³-hybridized carbons (Fsp3) is 0.667. The fourth-order valence-corrected chi connectivity index (χ4v) is 2.39. The number of piperidine rings is 1. The van der Waals surface area contributed by atoms with Crippen molar-refractivity contribution < 1.29 is 9.72 Å². The summed E-state index contributed by atoms with van der Waals surface area (Å²) in [7, 11) is 0. The zero-order valence-corrected chi connectivity index (χ0v) is 12.9. The van der Waals surface area contributed by atoms with Gasteiger partial charge in [-0.25, -0.2) is 0 Å². The highest BCUT2D eigenvalue weighted by atomic mass is 35.5. The Labute approximate surface area is 128 Å². The summed E-state index contributed by atoms with van der Waals surface area (Å²) in [6.45, 7) is 4.71. The Morgan fingerprint density at radius 2 is 2.38 bits per heavy atom. The van der Waals surface area contributed by atoms with Gasteiger partial charge in [0.1, 0.15) is 12.7 Å². The lowest BCUT2D eigenvalue weighted by atomic mass is 10.00. The number of carbonyl (C=O) groups is 1. The van der Waals surface area contributed by atoms with Gasteiger partial charge in [0.25, 0.3) is 0 Å². The van der Waals surface area contributed by atoms with Crippen molar-refractivity contribution in [3.05, 3.63) is 22.1 Å². The molecule has 1 aliphatic heterocycles. The molecule has 0 spiro atoms. The zero-order valence-electron chi connectivity index (χ0n) is 12.0. The van der Waals surface area contributed by atoms with Gasteiger partial charge in [-0.2, -0.15) is 0 Å². The highest BCUT2D eigenvalue weighted by Gasteiger charge is 2.23. The topological polar surface area (TPSA) is 102 Å². The minimum absolute atomic E-state index is 0. The molecule has 2 atom stereocenters. The minimum Gasteiger partial charge on any atom is -0.358 e. The van der Waals surface area contributed by atoms with E-state index in [-0.39, 0.29) is 42.8 Å². The van der Waals surface area contributed by atoms with Crippen LogP contribution in [0.15, 0.2) is 6.20 Å². The third kappa shape index (κ3) is 4.40. The molecule has 2 heterocycles. The second-order valence-corrected chi connectivity index (χ2v) is 5.09. The quantitative estimate of drug-likeness (QED) is 0.631. The SMILES string of the molecule is Cc1nc([N+](=O)[O-])cn1CC(=O)NC1CCCNC1C.Cl. The van der Waals surface area contributed by atoms with Crippen molar-refractivity contribution in [1.29, 1.82) is 0 Å². The monoisotopic (exact) mass is 317 g/mol. The van der Waals surface area contributed by atoms with Crippen LogP contribution in [0.2, 0.25) is 0 Å². The van der Waals surface area contributed by atoms with E-state index in [1.807, 2.05) is 6.92 Å². The highest BCUT2D eigenvalue weighted by Crippen LogP contribution is 2.11. The van der Waals surface area contributed by atoms with Crippen molar-refractivity contribution in [2.75, 3.05) is 6.54 Å². The molecule has 1 aliphatic rings. The zero-order chi connectivity index (χ0) is 14.7. The summed E-state index contributed by atoms with van der Waals surface area (Å²) in [5.74, 6) is 0.0746. The average Bonchev–Trinajstić information content (AvgIpc) is 2.74. The van der Waals surface area contributed by atoms with Crippen molar-refractivity contribution in [2.24, 2.45) is 0 Å². The number of amides is 1. The summed E-state index contributed by atoms with van der Waals surface area (Å²) >= 11 is 0. The summed E-state index contributed by atoms with van der Waals surface area (Å²) in [5.41, 5.74) is 0. The normalized spacial score (nSPS) is 21.4. The maximum absolute atomic E-state index is 12.0. The Bertz CT molecular complexity index is 519. The van der Waals surface area contributed by atoms with E-state index in [1.54, 1.807) is 6.92 Å². The van der Waals surface area contributed by atoms with E-state index < -0.39 is 4.92 Å². The number of halogens is 1. The first-order valence-electron chi connectivity index (χ1n) is 6.68. The summed E-state index contributed by atoms with van der Waals surface area (Å²) in [6, 6.07) is 0.348. The number of rotatable bonds is 4. The number of imidazole rings is 1. The van der Waals surface area contributed by atoms with Gasteiger partial charge in [0.15, 0.2) is 0 Å². The number of nitrogens with one attached hydrogen (secondary N) is 2. The van der Waals surface area contributed by atoms with Crippen LogP contribution >= 0.6 is 12.4 Å². The van der Waals surface area contributed by atoms with E-state index in [2.05, 4.69) is 15.6 Å². The van der Waals surface area contributed by atoms with Gasteiger partial charge in [0.05, 0.1) is 0 Å². The van der Waals surface area contributed by atoms with Gasteiger partial charge in [0.2, 0.25) is 11.7 Å². The third-order valence-corrected chi connectivity index (χ3v) is 3.57. The Morgan fingerprint density at radius 3 is 2.95 bits per heavy atom. The lowest BCUT2D eigenvalue weighted by Gasteiger charge is -2.30. The Kier molecular flexibility index (Phi) is 6.10. The molecule has 1 aromatic heterocycles. The van der Waals surface area contributed by atoms with Crippen LogP contribution < -0.4 is 10.6 Å². The second-order valence-electron chi connectivity index (χ2n) is 5.09. The third-order valence-electron chi connectivity index (χ3n) is 3.57. The number of aryl methyl sites for hydroxylation is 1. The predicted octanol–water partition coefficient (Wildman–Crippen LogP) is 0.778. The van der Waals surface area contributed by atoms with Crippen molar-refractivity contribution in [3.8, 4) is 0 Å². The minimum atomic E-state index is -0.561. The first kappa shape index (κ1) is 17.4. The molecule has 0 radical (unpaired) electrons. The number of hydrogen-bond acceptors (Lipinski definition) is 5. The van der Waals surface area contributed by atoms with Crippen molar-refractivity contribution in [3.63, 3.8) is 0 Å². The summed E-state index contributed by atoms with van der Waals surface area (Å²) in [4.78, 5) is 25.9. The van der Waals surface area contributed by atoms with Crippen molar-refractivity contribution in [2.45, 2.75) is 45.3 Å². The summed E-state index contributed by atoms with van der Waals surface area (Å²) < 4.78 is 1.49. The standard InChI is InChI=1S/C12H19N5O3.ClH/c1-8-10(4-3-5-13-8)15-12(18)7-16-6-11(17(19)20)14-9(16)2;/h6,8,10,13H,3-5,7H2,1-2H3,(H,15,18);1H. The van der Waals surface area contributed by atoms with Crippen molar-refractivity contribution in [1.82, 2.24) is 20.2 Å². The van der Waals surface area contributed by atoms with Gasteiger partial charge in [0, 0.05) is 19.0 Å². The molecule has 1 fully saturated rings. The van der Waals surface area contributed by atoms with E-state index in [0.717, 1.165) is 19.4 Å². The molecule has 8 nitrogen and oxygen atoms in total. The molecule has 21 heavy (non-hydrogen) atoms. The predicted molar refractivity (Wildman–Crippen MR) is 79.5 cm³/mol. The van der Waals surface area contributed by atoms with Crippen LogP contribution in [0.5, 0.6) is 0 Å². The van der Waals surface area contributed by atoms with E-state index in [0.29, 0.717) is 5.82 Å². The molecule has 0 aromatic carbocycles. The maximum Gasteiger partial charge on any atom is 0.381 e. The van der Waals surface area contributed by atoms with Crippen LogP contribution in [0.1, 0.15) is 25.6 Å². The van der Waals surface area contributed by atoms with Crippen LogP contribution in [0.4, 0.5) is 5.82 Å². The molecule has 1 amide bonds. The van der Waals surface area contributed by atoms with Crippen LogP contribution in [0.3, 0.4) is 0 Å². The summed E-state index contributed by atoms with van der Waals surface area (Å²) in [5, 5.41) is 16.9. The van der Waals surface area contributed by atoms with Gasteiger partial charge in [-0.3, -0.25) is 9.36 Å². The van der Waals surface area contributed by atoms with Gasteiger partial charge in [-0.1, -0.05) is 0 Å². The molecule has 9 heteroatoms. The van der Waals surface area contributed by atoms with E-state index in [9.17, 15) is 14.9 Å². The van der Waals surface area contributed by atoms with Gasteiger partial charge < -0.3 is 20.7 Å². The molecule has 2 N–H and O–H groups in total. The summed E-state index contributed by atoms with van der Waals surface area (Å²) in [6.07, 6.45) is 3.27. The van der Waals surface area contributed by atoms with Crippen LogP contribution in [0, 0.1) is 17.0 Å². The lowest BCUT2D eigenvalue weighted by molar-refractivity contribution is -0.389. The molecule has 1 aromatic rings. The maximum atomic E-state index is 12.0. The Morgan fingerprint density at radius 1 is 1.67 bits per heavy atom. The van der Waals surface area contributed by atoms with E-state index >= 15 is 0 Å². The van der Waals surface area contributed by atoms with E-state index in [1.165, 1.54) is 10.8 Å². The van der Waals surface area contributed by atoms with Crippen molar-refractivity contribution >= 4 is 24.1 Å². The number of carbonyl (C=O) groups excluding carboxylic acids is 1. The molecule has 0 saturated carbocycles. The number of nitrogens with zero attached hydrogens (tertiary/aromatic N) is 3. The highest BCUT2D eigenvalue weighted by molar-refractivity contribution is 5.85. The largest absolute Gasteiger partial charge is 0.381 e. The number of nitro groups is 1. The smallest absolute Gasteiger partial charge is 0.358 e. The van der Waals surface area contributed by atoms with Gasteiger partial charge in [-0.05, 0) is 36.2 Å². The molecule has 0 bridgehead atoms. The molecule has 118 valence electrons. The molecular weight excluding hydrogens is 298 g/mol. The van der Waals surface area contributed by atoms with Gasteiger partial charge >= 0.3 is 5.82 Å². The van der Waals surface area contributed by atoms with E-state index in [4.69, 9.17) is 0 Å². The lowest BCUT2D eigenvalue weighted by Crippen LogP contribution is -2.52. The average molecular weight is 318 g/mol. The second kappa shape index (κ2) is 7.37. The molecule has 2 rings (SSSR count). The Hall–Kier alpha value is -1.67. The first-order valence-corrected chi connectivity index (χ1v) is 6.68. The van der Waals surface area contributed by atoms with Gasteiger partial charge in [-0.15, -0.1) is 12.4 Å². The van der Waals surface area contributed by atoms with Crippen LogP contribution in [0.25, 0.3) is 0 Å². The van der Waals surface area contributed by atoms with Crippen LogP contribution in [-0.4, -0.2) is 39.0 Å². The molecule has 0 aliphatic carbocycles. The molecular formula is C12H20ClN5O3. The van der Waals surface area contributed by atoms with Crippen LogP contribution in [-0.2, 0) is 11.3 Å². The fourth-order valence-electron chi connectivity index (χ4n) is 2.39. The number of hydrogen-bond donors (Lipinski definition) is 2.